The van der Waals surface area contributed by atoms with Crippen molar-refractivity contribution in [2.75, 3.05) is 0 Å². The summed E-state index contributed by atoms with van der Waals surface area (Å²) in [5.74, 6) is -2.64. The topological polar surface area (TPSA) is 109 Å². The van der Waals surface area contributed by atoms with Gasteiger partial charge < -0.3 is 16.2 Å². The van der Waals surface area contributed by atoms with Crippen molar-refractivity contribution < 1.29 is 19.5 Å². The van der Waals surface area contributed by atoms with Crippen molar-refractivity contribution in [3.63, 3.8) is 0 Å². The van der Waals surface area contributed by atoms with E-state index in [-0.39, 0.29) is 0 Å². The van der Waals surface area contributed by atoms with E-state index in [4.69, 9.17) is 10.8 Å². The van der Waals surface area contributed by atoms with Gasteiger partial charge in [0.15, 0.2) is 0 Å². The third-order valence-corrected chi connectivity index (χ3v) is 2.83. The second kappa shape index (κ2) is 6.34. The molecule has 1 atom stereocenters. The van der Waals surface area contributed by atoms with Crippen LogP contribution in [0, 0.1) is 3.57 Å². The van der Waals surface area contributed by atoms with E-state index >= 15 is 0 Å². The van der Waals surface area contributed by atoms with Crippen molar-refractivity contribution in [2.24, 2.45) is 5.73 Å². The molecule has 0 aliphatic carbocycles. The Kier molecular flexibility index (Phi) is 5.08. The SMILES string of the molecule is NC(=O)C[C@@H](NC(=O)c1ccc(I)cc1)C(=O)O. The predicted octanol–water partition coefficient (Wildman–Crippen LogP) is 0.350. The maximum atomic E-state index is 11.7. The number of halogens is 1. The maximum Gasteiger partial charge on any atom is 0.326 e. The minimum Gasteiger partial charge on any atom is -0.480 e. The number of amides is 2. The smallest absolute Gasteiger partial charge is 0.326 e. The lowest BCUT2D eigenvalue weighted by Crippen LogP contribution is -2.43. The Morgan fingerprint density at radius 1 is 1.28 bits per heavy atom. The molecule has 0 saturated heterocycles. The van der Waals surface area contributed by atoms with Crippen LogP contribution in [0.1, 0.15) is 16.8 Å². The van der Waals surface area contributed by atoms with Gasteiger partial charge in [-0.05, 0) is 46.9 Å². The van der Waals surface area contributed by atoms with Gasteiger partial charge in [-0.2, -0.15) is 0 Å². The summed E-state index contributed by atoms with van der Waals surface area (Å²) in [7, 11) is 0. The van der Waals surface area contributed by atoms with E-state index in [1.165, 1.54) is 0 Å². The van der Waals surface area contributed by atoms with Gasteiger partial charge in [-0.25, -0.2) is 4.79 Å². The summed E-state index contributed by atoms with van der Waals surface area (Å²) >= 11 is 2.08. The number of benzene rings is 1. The third-order valence-electron chi connectivity index (χ3n) is 2.12. The number of carboxylic acids is 1. The predicted molar refractivity (Wildman–Crippen MR) is 71.9 cm³/mol. The first-order valence-corrected chi connectivity index (χ1v) is 6.05. The normalized spacial score (nSPS) is 11.6. The molecule has 2 amide bonds. The zero-order chi connectivity index (χ0) is 13.7. The summed E-state index contributed by atoms with van der Waals surface area (Å²) < 4.78 is 0.955. The molecular formula is C11H11IN2O4. The molecule has 0 heterocycles. The standard InChI is InChI=1S/C11H11IN2O4/c12-7-3-1-6(2-4-7)10(16)14-8(11(17)18)5-9(13)15/h1-4,8H,5H2,(H2,13,15)(H,14,16)(H,17,18)/t8-/m1/s1. The third kappa shape index (κ3) is 4.32. The Labute approximate surface area is 117 Å². The van der Waals surface area contributed by atoms with E-state index in [0.717, 1.165) is 3.57 Å². The molecule has 0 spiro atoms. The van der Waals surface area contributed by atoms with E-state index in [2.05, 4.69) is 27.9 Å². The van der Waals surface area contributed by atoms with Crippen LogP contribution in [0.4, 0.5) is 0 Å². The molecule has 0 unspecified atom stereocenters. The van der Waals surface area contributed by atoms with Gasteiger partial charge in [0.05, 0.1) is 6.42 Å². The summed E-state index contributed by atoms with van der Waals surface area (Å²) in [4.78, 5) is 33.2. The number of hydrogen-bond donors (Lipinski definition) is 3. The Morgan fingerprint density at radius 2 is 1.83 bits per heavy atom. The van der Waals surface area contributed by atoms with Gasteiger partial charge in [0.2, 0.25) is 5.91 Å². The van der Waals surface area contributed by atoms with Crippen molar-refractivity contribution in [1.82, 2.24) is 5.32 Å². The van der Waals surface area contributed by atoms with Crippen LogP contribution >= 0.6 is 22.6 Å². The lowest BCUT2D eigenvalue weighted by atomic mass is 10.1. The first kappa shape index (κ1) is 14.4. The highest BCUT2D eigenvalue weighted by atomic mass is 127. The Hall–Kier alpha value is -1.64. The number of primary amides is 1. The first-order valence-electron chi connectivity index (χ1n) is 4.97. The maximum absolute atomic E-state index is 11.7. The summed E-state index contributed by atoms with van der Waals surface area (Å²) in [6, 6.07) is 5.27. The highest BCUT2D eigenvalue weighted by Crippen LogP contribution is 2.07. The van der Waals surface area contributed by atoms with E-state index in [1.54, 1.807) is 24.3 Å². The van der Waals surface area contributed by atoms with Gasteiger partial charge in [0.25, 0.3) is 5.91 Å². The number of nitrogens with two attached hydrogens (primary N) is 1. The van der Waals surface area contributed by atoms with Gasteiger partial charge in [0.1, 0.15) is 6.04 Å². The van der Waals surface area contributed by atoms with E-state index in [0.29, 0.717) is 5.56 Å². The van der Waals surface area contributed by atoms with Gasteiger partial charge in [0, 0.05) is 9.13 Å². The fourth-order valence-electron chi connectivity index (χ4n) is 1.24. The molecule has 18 heavy (non-hydrogen) atoms. The van der Waals surface area contributed by atoms with Crippen LogP contribution in [-0.4, -0.2) is 28.9 Å². The largest absolute Gasteiger partial charge is 0.480 e. The summed E-state index contributed by atoms with van der Waals surface area (Å²) in [6.07, 6.45) is -0.439. The average molecular weight is 362 g/mol. The number of nitrogens with one attached hydrogen (secondary N) is 1. The number of carbonyl (C=O) groups is 3. The number of hydrogen-bond acceptors (Lipinski definition) is 3. The fourth-order valence-corrected chi connectivity index (χ4v) is 1.60. The first-order chi connectivity index (χ1) is 8.40. The van der Waals surface area contributed by atoms with E-state index in [1.807, 2.05) is 0 Å². The number of carbonyl (C=O) groups excluding carboxylic acids is 2. The summed E-state index contributed by atoms with van der Waals surface area (Å²) in [5.41, 5.74) is 5.24. The Balaban J connectivity index is 2.75. The average Bonchev–Trinajstić information content (AvgIpc) is 2.28. The Bertz CT molecular complexity index is 472. The quantitative estimate of drug-likeness (QED) is 0.657. The lowest BCUT2D eigenvalue weighted by Gasteiger charge is -2.12. The minimum absolute atomic E-state index is 0.325. The van der Waals surface area contributed by atoms with Gasteiger partial charge >= 0.3 is 5.97 Å². The molecule has 0 bridgehead atoms. The van der Waals surface area contributed by atoms with Crippen LogP contribution in [0.2, 0.25) is 0 Å². The second-order valence-corrected chi connectivity index (χ2v) is 4.79. The Morgan fingerprint density at radius 3 is 2.28 bits per heavy atom. The number of rotatable bonds is 5. The zero-order valence-corrected chi connectivity index (χ0v) is 11.4. The molecule has 0 radical (unpaired) electrons. The molecule has 6 nitrogen and oxygen atoms in total. The van der Waals surface area contributed by atoms with Crippen LogP contribution in [0.3, 0.4) is 0 Å². The van der Waals surface area contributed by atoms with Crippen LogP contribution in [0.5, 0.6) is 0 Å². The van der Waals surface area contributed by atoms with Gasteiger partial charge in [-0.1, -0.05) is 0 Å². The van der Waals surface area contributed by atoms with Gasteiger partial charge in [-0.15, -0.1) is 0 Å². The zero-order valence-electron chi connectivity index (χ0n) is 9.22. The second-order valence-electron chi connectivity index (χ2n) is 3.54. The van der Waals surface area contributed by atoms with Crippen molar-refractivity contribution in [3.05, 3.63) is 33.4 Å². The van der Waals surface area contributed by atoms with Crippen LogP contribution < -0.4 is 11.1 Å². The molecule has 1 aromatic rings. The van der Waals surface area contributed by atoms with Crippen LogP contribution in [0.25, 0.3) is 0 Å². The molecule has 0 saturated carbocycles. The van der Waals surface area contributed by atoms with Crippen molar-refractivity contribution in [1.29, 1.82) is 0 Å². The van der Waals surface area contributed by atoms with E-state index < -0.39 is 30.2 Å². The highest BCUT2D eigenvalue weighted by Gasteiger charge is 2.22. The molecule has 4 N–H and O–H groups in total. The van der Waals surface area contributed by atoms with Crippen molar-refractivity contribution in [3.8, 4) is 0 Å². The molecule has 7 heteroatoms. The molecule has 1 aromatic carbocycles. The highest BCUT2D eigenvalue weighted by molar-refractivity contribution is 14.1. The van der Waals surface area contributed by atoms with Crippen LogP contribution in [0.15, 0.2) is 24.3 Å². The summed E-state index contributed by atoms with van der Waals surface area (Å²) in [5, 5.41) is 11.1. The lowest BCUT2D eigenvalue weighted by molar-refractivity contribution is -0.140. The molecule has 0 fully saturated rings. The summed E-state index contributed by atoms with van der Waals surface area (Å²) in [6.45, 7) is 0. The minimum atomic E-state index is -1.31. The fraction of sp³-hybridized carbons (Fsp3) is 0.182. The molecule has 0 aliphatic rings. The van der Waals surface area contributed by atoms with Gasteiger partial charge in [-0.3, -0.25) is 9.59 Å². The molecular weight excluding hydrogens is 351 g/mol. The molecule has 0 aromatic heterocycles. The molecule has 0 aliphatic heterocycles. The number of carboxylic acid groups (broad SMARTS) is 1. The molecule has 96 valence electrons. The number of aliphatic carboxylic acids is 1. The molecule has 1 rings (SSSR count). The monoisotopic (exact) mass is 362 g/mol. The van der Waals surface area contributed by atoms with E-state index in [9.17, 15) is 14.4 Å². The van der Waals surface area contributed by atoms with Crippen molar-refractivity contribution in [2.45, 2.75) is 12.5 Å². The van der Waals surface area contributed by atoms with Crippen molar-refractivity contribution >= 4 is 40.4 Å². The van der Waals surface area contributed by atoms with Crippen LogP contribution in [-0.2, 0) is 9.59 Å².